The molecule has 0 aliphatic carbocycles. The first-order valence-corrected chi connectivity index (χ1v) is 9.70. The molecule has 0 N–H and O–H groups in total. The van der Waals surface area contributed by atoms with Gasteiger partial charge in [-0.3, -0.25) is 0 Å². The smallest absolute Gasteiger partial charge is 0.0967 e. The molecule has 0 aromatic heterocycles. The molecular formula is C17H38Cl2N+. The van der Waals surface area contributed by atoms with Crippen molar-refractivity contribution in [1.29, 1.82) is 0 Å². The minimum absolute atomic E-state index is 0.194. The maximum absolute atomic E-state index is 4.76. The molecule has 0 heterocycles. The highest BCUT2D eigenvalue weighted by molar-refractivity contribution is 6.40. The van der Waals surface area contributed by atoms with Gasteiger partial charge < -0.3 is 4.48 Å². The van der Waals surface area contributed by atoms with Crippen molar-refractivity contribution in [3.05, 3.63) is 0 Å². The first kappa shape index (κ1) is 22.8. The van der Waals surface area contributed by atoms with Gasteiger partial charge >= 0.3 is 0 Å². The van der Waals surface area contributed by atoms with Crippen LogP contribution in [0.2, 0.25) is 0 Å². The lowest BCUT2D eigenvalue weighted by Crippen LogP contribution is -2.50. The molecule has 0 rings (SSSR count). The van der Waals surface area contributed by atoms with Crippen LogP contribution in [0.3, 0.4) is 0 Å². The molecule has 0 saturated carbocycles. The van der Waals surface area contributed by atoms with E-state index in [2.05, 4.69) is 27.7 Å². The summed E-state index contributed by atoms with van der Waals surface area (Å²) in [5, 5.41) is 0.194. The van der Waals surface area contributed by atoms with Crippen molar-refractivity contribution in [1.82, 2.24) is 0 Å². The molecule has 0 saturated heterocycles. The summed E-state index contributed by atoms with van der Waals surface area (Å²) in [5.74, 6) is 0. The number of nitrogens with zero attached hydrogens (tertiary/aromatic N) is 1. The van der Waals surface area contributed by atoms with Gasteiger partial charge in [0, 0.05) is 0 Å². The van der Waals surface area contributed by atoms with Gasteiger partial charge in [-0.25, -0.2) is 0 Å². The second-order valence-corrected chi connectivity index (χ2v) is 6.56. The molecule has 0 aromatic carbocycles. The first-order valence-electron chi connectivity index (χ1n) is 8.63. The van der Waals surface area contributed by atoms with Crippen molar-refractivity contribution >= 4 is 23.2 Å². The Hall–Kier alpha value is 0.540. The molecule has 124 valence electrons. The van der Waals surface area contributed by atoms with Crippen LogP contribution in [-0.2, 0) is 0 Å². The molecule has 0 unspecified atom stereocenters. The standard InChI is InChI=1S/C16H36N.CH2Cl2/c1-5-9-13-17(14-10-6-2,15-11-7-3)16-12-8-4;2-1-3/h5-16H2,1-4H3;1H2/q+1;. The number of rotatable bonds is 12. The van der Waals surface area contributed by atoms with E-state index in [1.165, 1.54) is 82.0 Å². The van der Waals surface area contributed by atoms with Crippen LogP contribution >= 0.6 is 23.2 Å². The predicted octanol–water partition coefficient (Wildman–Crippen LogP) is 6.43. The lowest BCUT2D eigenvalue weighted by atomic mass is 10.1. The third-order valence-electron chi connectivity index (χ3n) is 3.94. The minimum atomic E-state index is 0.194. The van der Waals surface area contributed by atoms with Crippen molar-refractivity contribution < 1.29 is 4.48 Å². The minimum Gasteiger partial charge on any atom is -0.324 e. The third kappa shape index (κ3) is 13.5. The molecule has 0 bridgehead atoms. The zero-order valence-electron chi connectivity index (χ0n) is 14.4. The van der Waals surface area contributed by atoms with Crippen molar-refractivity contribution in [2.75, 3.05) is 31.5 Å². The highest BCUT2D eigenvalue weighted by Crippen LogP contribution is 2.16. The lowest BCUT2D eigenvalue weighted by molar-refractivity contribution is -0.929. The van der Waals surface area contributed by atoms with E-state index in [1.54, 1.807) is 0 Å². The zero-order valence-corrected chi connectivity index (χ0v) is 15.9. The Morgan fingerprint density at radius 2 is 0.750 bits per heavy atom. The summed E-state index contributed by atoms with van der Waals surface area (Å²) >= 11 is 9.53. The number of hydrogen-bond donors (Lipinski definition) is 0. The van der Waals surface area contributed by atoms with Gasteiger partial charge in [-0.1, -0.05) is 53.4 Å². The Bertz CT molecular complexity index is 137. The van der Waals surface area contributed by atoms with Crippen molar-refractivity contribution in [2.45, 2.75) is 79.1 Å². The van der Waals surface area contributed by atoms with Crippen LogP contribution in [0.25, 0.3) is 0 Å². The van der Waals surface area contributed by atoms with E-state index in [4.69, 9.17) is 23.2 Å². The SMILES string of the molecule is CCCC[N+](CCCC)(CCCC)CCCC.ClCCl. The van der Waals surface area contributed by atoms with Crippen LogP contribution in [-0.4, -0.2) is 36.0 Å². The number of quaternary nitrogens is 1. The van der Waals surface area contributed by atoms with E-state index >= 15 is 0 Å². The van der Waals surface area contributed by atoms with Gasteiger partial charge in [0.25, 0.3) is 0 Å². The Balaban J connectivity index is 0. The van der Waals surface area contributed by atoms with Gasteiger partial charge in [0.15, 0.2) is 0 Å². The summed E-state index contributed by atoms with van der Waals surface area (Å²) in [4.78, 5) is 0. The molecular weight excluding hydrogens is 289 g/mol. The van der Waals surface area contributed by atoms with E-state index in [0.29, 0.717) is 0 Å². The van der Waals surface area contributed by atoms with Gasteiger partial charge in [0.05, 0.1) is 31.5 Å². The molecule has 3 heteroatoms. The van der Waals surface area contributed by atoms with Crippen LogP contribution < -0.4 is 0 Å². The highest BCUT2D eigenvalue weighted by atomic mass is 35.5. The second kappa shape index (κ2) is 17.6. The van der Waals surface area contributed by atoms with Gasteiger partial charge in [-0.2, -0.15) is 0 Å². The first-order chi connectivity index (χ1) is 9.66. The Morgan fingerprint density at radius 3 is 0.900 bits per heavy atom. The fraction of sp³-hybridized carbons (Fsp3) is 1.00. The number of halogens is 2. The molecule has 1 nitrogen and oxygen atoms in total. The van der Waals surface area contributed by atoms with Crippen LogP contribution in [0.5, 0.6) is 0 Å². The lowest BCUT2D eigenvalue weighted by Gasteiger charge is -2.39. The number of alkyl halides is 2. The quantitative estimate of drug-likeness (QED) is 0.286. The van der Waals surface area contributed by atoms with Crippen LogP contribution in [0, 0.1) is 0 Å². The number of unbranched alkanes of at least 4 members (excludes halogenated alkanes) is 4. The van der Waals surface area contributed by atoms with Gasteiger partial charge in [0.1, 0.15) is 0 Å². The van der Waals surface area contributed by atoms with Crippen LogP contribution in [0.4, 0.5) is 0 Å². The average molecular weight is 327 g/mol. The van der Waals surface area contributed by atoms with Crippen molar-refractivity contribution in [3.8, 4) is 0 Å². The van der Waals surface area contributed by atoms with E-state index in [0.717, 1.165) is 0 Å². The van der Waals surface area contributed by atoms with Gasteiger partial charge in [-0.15, -0.1) is 23.2 Å². The summed E-state index contributed by atoms with van der Waals surface area (Å²) in [5.41, 5.74) is 0. The average Bonchev–Trinajstić information content (AvgIpc) is 2.46. The largest absolute Gasteiger partial charge is 0.324 e. The fourth-order valence-electron chi connectivity index (χ4n) is 2.64. The molecule has 0 fully saturated rings. The van der Waals surface area contributed by atoms with E-state index < -0.39 is 0 Å². The molecule has 0 aliphatic heterocycles. The van der Waals surface area contributed by atoms with E-state index in [-0.39, 0.29) is 5.34 Å². The maximum Gasteiger partial charge on any atom is 0.0967 e. The summed E-state index contributed by atoms with van der Waals surface area (Å²) in [6.07, 6.45) is 11.1. The molecule has 0 amide bonds. The van der Waals surface area contributed by atoms with Gasteiger partial charge in [-0.05, 0) is 25.7 Å². The predicted molar refractivity (Wildman–Crippen MR) is 95.9 cm³/mol. The maximum atomic E-state index is 4.76. The number of hydrogen-bond acceptors (Lipinski definition) is 0. The van der Waals surface area contributed by atoms with Gasteiger partial charge in [0.2, 0.25) is 0 Å². The molecule has 0 aromatic rings. The van der Waals surface area contributed by atoms with Crippen molar-refractivity contribution in [2.24, 2.45) is 0 Å². The molecule has 0 radical (unpaired) electrons. The Morgan fingerprint density at radius 1 is 0.550 bits per heavy atom. The van der Waals surface area contributed by atoms with Crippen LogP contribution in [0.15, 0.2) is 0 Å². The zero-order chi connectivity index (χ0) is 15.7. The summed E-state index contributed by atoms with van der Waals surface area (Å²) < 4.78 is 1.42. The molecule has 0 aliphatic rings. The summed E-state index contributed by atoms with van der Waals surface area (Å²) in [7, 11) is 0. The summed E-state index contributed by atoms with van der Waals surface area (Å²) in [6.45, 7) is 15.0. The molecule has 0 spiro atoms. The molecule has 20 heavy (non-hydrogen) atoms. The fourth-order valence-corrected chi connectivity index (χ4v) is 2.64. The Labute approximate surface area is 138 Å². The van der Waals surface area contributed by atoms with Crippen LogP contribution in [0.1, 0.15) is 79.1 Å². The second-order valence-electron chi connectivity index (χ2n) is 5.75. The third-order valence-corrected chi connectivity index (χ3v) is 3.94. The molecule has 0 atom stereocenters. The monoisotopic (exact) mass is 326 g/mol. The van der Waals surface area contributed by atoms with E-state index in [1.807, 2.05) is 0 Å². The van der Waals surface area contributed by atoms with E-state index in [9.17, 15) is 0 Å². The Kier molecular flexibility index (Phi) is 20.1. The van der Waals surface area contributed by atoms with Crippen molar-refractivity contribution in [3.63, 3.8) is 0 Å². The highest BCUT2D eigenvalue weighted by Gasteiger charge is 2.24. The topological polar surface area (TPSA) is 0 Å². The normalized spacial score (nSPS) is 11.1. The summed E-state index contributed by atoms with van der Waals surface area (Å²) in [6, 6.07) is 0.